The van der Waals surface area contributed by atoms with E-state index in [4.69, 9.17) is 0 Å². The van der Waals surface area contributed by atoms with Crippen LogP contribution in [0.15, 0.2) is 54.9 Å². The number of nitrogens with zero attached hydrogens (tertiary/aromatic N) is 5. The number of carbonyl (C=O) groups excluding carboxylic acids is 2. The van der Waals surface area contributed by atoms with E-state index in [0.29, 0.717) is 25.2 Å². The van der Waals surface area contributed by atoms with Gasteiger partial charge in [0, 0.05) is 64.5 Å². The molecule has 31 heavy (non-hydrogen) atoms. The molecule has 1 atom stereocenters. The number of carbonyl (C=O) groups is 2. The van der Waals surface area contributed by atoms with Crippen LogP contribution in [-0.2, 0) is 11.3 Å². The van der Waals surface area contributed by atoms with Gasteiger partial charge in [-0.05, 0) is 24.7 Å². The summed E-state index contributed by atoms with van der Waals surface area (Å²) in [4.78, 5) is 39.3. The topological polar surface area (TPSA) is 60.0 Å². The van der Waals surface area contributed by atoms with Crippen molar-refractivity contribution in [1.29, 1.82) is 0 Å². The highest BCUT2D eigenvalue weighted by Gasteiger charge is 2.58. The quantitative estimate of drug-likeness (QED) is 0.758. The van der Waals surface area contributed by atoms with Gasteiger partial charge in [0.1, 0.15) is 11.7 Å². The van der Waals surface area contributed by atoms with Crippen LogP contribution in [0, 0.1) is 0 Å². The summed E-state index contributed by atoms with van der Waals surface area (Å²) in [7, 11) is 2.09. The van der Waals surface area contributed by atoms with Gasteiger partial charge < -0.3 is 14.7 Å². The van der Waals surface area contributed by atoms with Crippen molar-refractivity contribution in [3.05, 3.63) is 66.0 Å². The number of hydrogen-bond donors (Lipinski definition) is 0. The van der Waals surface area contributed by atoms with Crippen LogP contribution < -0.4 is 0 Å². The van der Waals surface area contributed by atoms with Gasteiger partial charge in [-0.15, -0.1) is 0 Å². The molecule has 0 N–H and O–H groups in total. The van der Waals surface area contributed by atoms with Crippen LogP contribution in [0.2, 0.25) is 0 Å². The monoisotopic (exact) mass is 419 g/mol. The van der Waals surface area contributed by atoms with Crippen molar-refractivity contribution in [1.82, 2.24) is 24.6 Å². The molecule has 1 spiro atoms. The minimum atomic E-state index is -0.315. The van der Waals surface area contributed by atoms with Crippen LogP contribution >= 0.6 is 0 Å². The maximum atomic E-state index is 13.6. The Labute approximate surface area is 183 Å². The van der Waals surface area contributed by atoms with Gasteiger partial charge in [0.05, 0.1) is 5.56 Å². The average Bonchev–Trinajstić information content (AvgIpc) is 3.02. The molecule has 3 fully saturated rings. The third-order valence-electron chi connectivity index (χ3n) is 7.12. The van der Waals surface area contributed by atoms with E-state index in [1.807, 2.05) is 29.2 Å². The first-order valence-corrected chi connectivity index (χ1v) is 11.1. The van der Waals surface area contributed by atoms with E-state index in [-0.39, 0.29) is 23.5 Å². The third-order valence-corrected chi connectivity index (χ3v) is 7.12. The molecule has 1 aromatic carbocycles. The van der Waals surface area contributed by atoms with E-state index in [0.717, 1.165) is 38.0 Å². The first-order valence-electron chi connectivity index (χ1n) is 11.1. The number of hydrogen-bond acceptors (Lipinski definition) is 5. The number of fused-ring (bicyclic) bond motifs is 2. The molecule has 2 aromatic rings. The summed E-state index contributed by atoms with van der Waals surface area (Å²) in [5.41, 5.74) is 1.46. The van der Waals surface area contributed by atoms with E-state index < -0.39 is 0 Å². The number of likely N-dealkylation sites (N-methyl/N-ethyl adjacent to an activating group) is 1. The van der Waals surface area contributed by atoms with Crippen molar-refractivity contribution in [2.75, 3.05) is 39.8 Å². The van der Waals surface area contributed by atoms with Crippen molar-refractivity contribution < 1.29 is 9.59 Å². The van der Waals surface area contributed by atoms with Crippen LogP contribution in [0.25, 0.3) is 0 Å². The normalized spacial score (nSPS) is 23.9. The molecule has 162 valence electrons. The Morgan fingerprint density at radius 3 is 2.55 bits per heavy atom. The fraction of sp³-hybridized carbons (Fsp3) is 0.458. The van der Waals surface area contributed by atoms with E-state index in [1.54, 1.807) is 18.5 Å². The number of aromatic nitrogens is 1. The summed E-state index contributed by atoms with van der Waals surface area (Å²) in [6.45, 7) is 4.52. The predicted octanol–water partition coefficient (Wildman–Crippen LogP) is 1.67. The maximum absolute atomic E-state index is 13.6. The lowest BCUT2D eigenvalue weighted by molar-refractivity contribution is -0.134. The van der Waals surface area contributed by atoms with Gasteiger partial charge in [0.25, 0.3) is 5.91 Å². The first kappa shape index (κ1) is 20.2. The number of likely N-dealkylation sites (tertiary alicyclic amines) is 1. The summed E-state index contributed by atoms with van der Waals surface area (Å²) in [5, 5.41) is 0. The molecule has 0 unspecified atom stereocenters. The van der Waals surface area contributed by atoms with Crippen LogP contribution in [0.4, 0.5) is 0 Å². The lowest BCUT2D eigenvalue weighted by Crippen LogP contribution is -2.63. The van der Waals surface area contributed by atoms with Crippen molar-refractivity contribution in [2.24, 2.45) is 0 Å². The molecule has 0 bridgehead atoms. The van der Waals surface area contributed by atoms with Gasteiger partial charge in [0.2, 0.25) is 5.91 Å². The second-order valence-corrected chi connectivity index (χ2v) is 8.90. The number of pyridine rings is 1. The molecule has 3 aliphatic heterocycles. The van der Waals surface area contributed by atoms with E-state index in [9.17, 15) is 9.59 Å². The van der Waals surface area contributed by atoms with Crippen molar-refractivity contribution in [3.8, 4) is 0 Å². The minimum Gasteiger partial charge on any atom is -0.338 e. The smallest absolute Gasteiger partial charge is 0.255 e. The second kappa shape index (κ2) is 8.05. The average molecular weight is 420 g/mol. The van der Waals surface area contributed by atoms with Crippen LogP contribution in [0.5, 0.6) is 0 Å². The Hall–Kier alpha value is -2.77. The van der Waals surface area contributed by atoms with E-state index in [2.05, 4.69) is 38.9 Å². The molecular weight excluding hydrogens is 390 g/mol. The van der Waals surface area contributed by atoms with Gasteiger partial charge in [-0.1, -0.05) is 30.3 Å². The molecule has 0 radical (unpaired) electrons. The van der Waals surface area contributed by atoms with Gasteiger partial charge in [0.15, 0.2) is 0 Å². The Morgan fingerprint density at radius 2 is 1.84 bits per heavy atom. The summed E-state index contributed by atoms with van der Waals surface area (Å²) in [6, 6.07) is 13.8. The highest BCUT2D eigenvalue weighted by Crippen LogP contribution is 2.42. The molecule has 5 rings (SSSR count). The molecule has 4 heterocycles. The van der Waals surface area contributed by atoms with Gasteiger partial charge in [-0.25, -0.2) is 0 Å². The Balaban J connectivity index is 1.41. The van der Waals surface area contributed by atoms with Crippen LogP contribution in [0.1, 0.15) is 28.8 Å². The summed E-state index contributed by atoms with van der Waals surface area (Å²) >= 11 is 0. The number of benzene rings is 1. The van der Waals surface area contributed by atoms with Gasteiger partial charge >= 0.3 is 0 Å². The van der Waals surface area contributed by atoms with Gasteiger partial charge in [-0.3, -0.25) is 19.5 Å². The van der Waals surface area contributed by atoms with Gasteiger partial charge in [-0.2, -0.15) is 0 Å². The Kier molecular flexibility index (Phi) is 5.24. The maximum Gasteiger partial charge on any atom is 0.255 e. The SMILES string of the molecule is CN1CCN2[C@H](C1)C(=O)N(Cc1ccccc1)C21CCN(C(=O)c2cccnc2)CC1. The Morgan fingerprint density at radius 1 is 1.06 bits per heavy atom. The highest BCUT2D eigenvalue weighted by atomic mass is 16.2. The van der Waals surface area contributed by atoms with Crippen molar-refractivity contribution in [3.63, 3.8) is 0 Å². The zero-order valence-corrected chi connectivity index (χ0v) is 18.0. The number of rotatable bonds is 3. The molecule has 3 saturated heterocycles. The Bertz CT molecular complexity index is 943. The molecule has 7 heteroatoms. The fourth-order valence-electron chi connectivity index (χ4n) is 5.46. The number of piperazine rings is 1. The molecule has 0 aliphatic carbocycles. The molecule has 3 aliphatic rings. The number of amides is 2. The largest absolute Gasteiger partial charge is 0.338 e. The standard InChI is InChI=1S/C24H29N5O2/c1-26-14-15-28-21(18-26)23(31)29(17-19-6-3-2-4-7-19)24(28)9-12-27(13-10-24)22(30)20-8-5-11-25-16-20/h2-8,11,16,21H,9-10,12-15,17-18H2,1H3/t21-/m1/s1. The molecule has 1 aromatic heterocycles. The lowest BCUT2D eigenvalue weighted by Gasteiger charge is -2.50. The van der Waals surface area contributed by atoms with Crippen LogP contribution in [0.3, 0.4) is 0 Å². The minimum absolute atomic E-state index is 0.0248. The predicted molar refractivity (Wildman–Crippen MR) is 117 cm³/mol. The molecule has 0 saturated carbocycles. The second-order valence-electron chi connectivity index (χ2n) is 8.90. The molecule has 7 nitrogen and oxygen atoms in total. The van der Waals surface area contributed by atoms with Crippen molar-refractivity contribution >= 4 is 11.8 Å². The summed E-state index contributed by atoms with van der Waals surface area (Å²) < 4.78 is 0. The summed E-state index contributed by atoms with van der Waals surface area (Å²) in [5.74, 6) is 0.249. The zero-order valence-electron chi connectivity index (χ0n) is 18.0. The zero-order chi connectivity index (χ0) is 21.4. The first-order chi connectivity index (χ1) is 15.1. The summed E-state index contributed by atoms with van der Waals surface area (Å²) in [6.07, 6.45) is 4.86. The third kappa shape index (κ3) is 3.51. The lowest BCUT2D eigenvalue weighted by atomic mass is 9.92. The molecular formula is C24H29N5O2. The fourth-order valence-corrected chi connectivity index (χ4v) is 5.46. The van der Waals surface area contributed by atoms with E-state index in [1.165, 1.54) is 0 Å². The highest BCUT2D eigenvalue weighted by molar-refractivity contribution is 5.94. The molecule has 2 amide bonds. The number of piperidine rings is 1. The van der Waals surface area contributed by atoms with Crippen molar-refractivity contribution in [2.45, 2.75) is 31.1 Å². The van der Waals surface area contributed by atoms with E-state index >= 15 is 0 Å². The van der Waals surface area contributed by atoms with Crippen LogP contribution in [-0.4, -0.2) is 87.9 Å².